The fraction of sp³-hybridized carbons (Fsp3) is 0.536. The number of carbonyl (C=O) groups excluding carboxylic acids is 1. The first kappa shape index (κ1) is 25.9. The highest BCUT2D eigenvalue weighted by Crippen LogP contribution is 2.21. The standard InChI is InChI=1S/C28H40O4/c1-4-5-6-7-8-9-10-11-12-13-22-31-26-18-16-25(17-19-26)28(29)32-27-20-14-24(15-21-27)23(2)30-3/h14-21,23H,4-13,22H2,1-3H3. The van der Waals surface area contributed by atoms with Crippen molar-refractivity contribution < 1.29 is 19.0 Å². The van der Waals surface area contributed by atoms with E-state index in [0.717, 1.165) is 17.7 Å². The van der Waals surface area contributed by atoms with Crippen LogP contribution in [0.1, 0.15) is 100 Å². The molecular weight excluding hydrogens is 400 g/mol. The monoisotopic (exact) mass is 440 g/mol. The Morgan fingerprint density at radius 1 is 0.750 bits per heavy atom. The van der Waals surface area contributed by atoms with Crippen molar-refractivity contribution in [1.82, 2.24) is 0 Å². The second kappa shape index (κ2) is 15.5. The molecule has 0 amide bonds. The van der Waals surface area contributed by atoms with Crippen molar-refractivity contribution in [2.45, 2.75) is 84.2 Å². The first-order valence-corrected chi connectivity index (χ1v) is 12.2. The van der Waals surface area contributed by atoms with Crippen LogP contribution in [0.25, 0.3) is 0 Å². The molecule has 176 valence electrons. The number of benzene rings is 2. The van der Waals surface area contributed by atoms with Crippen molar-refractivity contribution in [2.24, 2.45) is 0 Å². The summed E-state index contributed by atoms with van der Waals surface area (Å²) >= 11 is 0. The van der Waals surface area contributed by atoms with Crippen LogP contribution in [0.5, 0.6) is 11.5 Å². The van der Waals surface area contributed by atoms with Crippen LogP contribution in [0.15, 0.2) is 48.5 Å². The van der Waals surface area contributed by atoms with Crippen molar-refractivity contribution >= 4 is 5.97 Å². The molecule has 0 N–H and O–H groups in total. The minimum Gasteiger partial charge on any atom is -0.494 e. The van der Waals surface area contributed by atoms with Gasteiger partial charge in [0, 0.05) is 7.11 Å². The van der Waals surface area contributed by atoms with Crippen molar-refractivity contribution in [1.29, 1.82) is 0 Å². The highest BCUT2D eigenvalue weighted by molar-refractivity contribution is 5.91. The van der Waals surface area contributed by atoms with E-state index in [9.17, 15) is 4.79 Å². The van der Waals surface area contributed by atoms with E-state index < -0.39 is 0 Å². The molecule has 0 saturated carbocycles. The molecule has 0 aliphatic heterocycles. The fourth-order valence-electron chi connectivity index (χ4n) is 3.58. The van der Waals surface area contributed by atoms with E-state index in [-0.39, 0.29) is 12.1 Å². The number of carbonyl (C=O) groups is 1. The molecule has 4 nitrogen and oxygen atoms in total. The number of esters is 1. The largest absolute Gasteiger partial charge is 0.494 e. The molecule has 0 aliphatic rings. The quantitative estimate of drug-likeness (QED) is 0.151. The highest BCUT2D eigenvalue weighted by Gasteiger charge is 2.10. The van der Waals surface area contributed by atoms with E-state index in [1.807, 2.05) is 31.2 Å². The molecule has 2 aromatic rings. The van der Waals surface area contributed by atoms with Gasteiger partial charge in [0.05, 0.1) is 18.3 Å². The lowest BCUT2D eigenvalue weighted by Gasteiger charge is -2.11. The van der Waals surface area contributed by atoms with E-state index >= 15 is 0 Å². The Balaban J connectivity index is 1.61. The van der Waals surface area contributed by atoms with Gasteiger partial charge in [-0.1, -0.05) is 76.8 Å². The van der Waals surface area contributed by atoms with Gasteiger partial charge in [0.15, 0.2) is 0 Å². The first-order chi connectivity index (χ1) is 15.6. The number of unbranched alkanes of at least 4 members (excludes halogenated alkanes) is 9. The van der Waals surface area contributed by atoms with E-state index in [1.165, 1.54) is 57.8 Å². The molecule has 0 fully saturated rings. The van der Waals surface area contributed by atoms with Crippen molar-refractivity contribution in [2.75, 3.05) is 13.7 Å². The SMILES string of the molecule is CCCCCCCCCCCCOc1ccc(C(=O)Oc2ccc(C(C)OC)cc2)cc1. The Morgan fingerprint density at radius 2 is 1.28 bits per heavy atom. The third-order valence-electron chi connectivity index (χ3n) is 5.77. The van der Waals surface area contributed by atoms with Gasteiger partial charge in [0.2, 0.25) is 0 Å². The summed E-state index contributed by atoms with van der Waals surface area (Å²) in [5.74, 6) is 0.928. The zero-order valence-corrected chi connectivity index (χ0v) is 20.1. The Labute approximate surface area is 194 Å². The highest BCUT2D eigenvalue weighted by atomic mass is 16.5. The predicted molar refractivity (Wildman–Crippen MR) is 131 cm³/mol. The average molecular weight is 441 g/mol. The van der Waals surface area contributed by atoms with Crippen LogP contribution in [0.2, 0.25) is 0 Å². The predicted octanol–water partition coefficient (Wildman–Crippen LogP) is 7.91. The van der Waals surface area contributed by atoms with Crippen LogP contribution in [0.3, 0.4) is 0 Å². The van der Waals surface area contributed by atoms with Crippen LogP contribution >= 0.6 is 0 Å². The number of rotatable bonds is 16. The summed E-state index contributed by atoms with van der Waals surface area (Å²) in [6, 6.07) is 14.5. The summed E-state index contributed by atoms with van der Waals surface area (Å²) in [5.41, 5.74) is 1.54. The lowest BCUT2D eigenvalue weighted by atomic mass is 10.1. The molecule has 0 bridgehead atoms. The third-order valence-corrected chi connectivity index (χ3v) is 5.77. The van der Waals surface area contributed by atoms with Gasteiger partial charge < -0.3 is 14.2 Å². The number of hydrogen-bond donors (Lipinski definition) is 0. The summed E-state index contributed by atoms with van der Waals surface area (Å²) < 4.78 is 16.6. The summed E-state index contributed by atoms with van der Waals surface area (Å²) in [5, 5.41) is 0. The molecule has 0 spiro atoms. The van der Waals surface area contributed by atoms with Gasteiger partial charge in [-0.3, -0.25) is 0 Å². The molecule has 0 heterocycles. The van der Waals surface area contributed by atoms with Gasteiger partial charge in [-0.05, 0) is 55.3 Å². The third kappa shape index (κ3) is 9.86. The maximum atomic E-state index is 12.4. The van der Waals surface area contributed by atoms with Crippen LogP contribution in [0, 0.1) is 0 Å². The number of hydrogen-bond acceptors (Lipinski definition) is 4. The van der Waals surface area contributed by atoms with Crippen molar-refractivity contribution in [3.63, 3.8) is 0 Å². The smallest absolute Gasteiger partial charge is 0.343 e. The molecule has 1 unspecified atom stereocenters. The van der Waals surface area contributed by atoms with Gasteiger partial charge in [-0.2, -0.15) is 0 Å². The lowest BCUT2D eigenvalue weighted by Crippen LogP contribution is -2.08. The second-order valence-corrected chi connectivity index (χ2v) is 8.39. The number of methoxy groups -OCH3 is 1. The van der Waals surface area contributed by atoms with Crippen LogP contribution in [-0.4, -0.2) is 19.7 Å². The molecule has 32 heavy (non-hydrogen) atoms. The van der Waals surface area contributed by atoms with Crippen LogP contribution in [0.4, 0.5) is 0 Å². The maximum Gasteiger partial charge on any atom is 0.343 e. The molecule has 4 heteroatoms. The normalized spacial score (nSPS) is 11.8. The zero-order chi connectivity index (χ0) is 23.0. The Morgan fingerprint density at radius 3 is 1.84 bits per heavy atom. The first-order valence-electron chi connectivity index (χ1n) is 12.2. The Hall–Kier alpha value is -2.33. The van der Waals surface area contributed by atoms with Crippen LogP contribution < -0.4 is 9.47 Å². The minimum atomic E-state index is -0.376. The number of ether oxygens (including phenoxy) is 3. The molecule has 0 aromatic heterocycles. The molecular formula is C28H40O4. The molecule has 2 aromatic carbocycles. The van der Waals surface area contributed by atoms with Gasteiger partial charge in [0.25, 0.3) is 0 Å². The van der Waals surface area contributed by atoms with E-state index in [1.54, 1.807) is 31.4 Å². The molecule has 0 saturated heterocycles. The van der Waals surface area contributed by atoms with Gasteiger partial charge in [-0.15, -0.1) is 0 Å². The maximum absolute atomic E-state index is 12.4. The summed E-state index contributed by atoms with van der Waals surface area (Å²) in [6.45, 7) is 4.95. The topological polar surface area (TPSA) is 44.8 Å². The van der Waals surface area contributed by atoms with E-state index in [4.69, 9.17) is 14.2 Å². The summed E-state index contributed by atoms with van der Waals surface area (Å²) in [4.78, 5) is 12.4. The van der Waals surface area contributed by atoms with Gasteiger partial charge in [0.1, 0.15) is 11.5 Å². The molecule has 0 aliphatic carbocycles. The van der Waals surface area contributed by atoms with Gasteiger partial charge in [-0.25, -0.2) is 4.79 Å². The van der Waals surface area contributed by atoms with Crippen LogP contribution in [-0.2, 0) is 4.74 Å². The van der Waals surface area contributed by atoms with Crippen molar-refractivity contribution in [3.05, 3.63) is 59.7 Å². The molecule has 0 radical (unpaired) electrons. The second-order valence-electron chi connectivity index (χ2n) is 8.39. The van der Waals surface area contributed by atoms with Gasteiger partial charge >= 0.3 is 5.97 Å². The molecule has 2 rings (SSSR count). The Bertz CT molecular complexity index is 752. The average Bonchev–Trinajstić information content (AvgIpc) is 2.83. The Kier molecular flexibility index (Phi) is 12.5. The van der Waals surface area contributed by atoms with E-state index in [0.29, 0.717) is 17.9 Å². The van der Waals surface area contributed by atoms with Crippen molar-refractivity contribution in [3.8, 4) is 11.5 Å². The summed E-state index contributed by atoms with van der Waals surface area (Å²) in [7, 11) is 1.67. The minimum absolute atomic E-state index is 0.00705. The van der Waals surface area contributed by atoms with E-state index in [2.05, 4.69) is 6.92 Å². The lowest BCUT2D eigenvalue weighted by molar-refractivity contribution is 0.0734. The molecule has 1 atom stereocenters. The summed E-state index contributed by atoms with van der Waals surface area (Å²) in [6.07, 6.45) is 13.1. The zero-order valence-electron chi connectivity index (χ0n) is 20.1. The fourth-order valence-corrected chi connectivity index (χ4v) is 3.58.